The average molecular weight is 418 g/mol. The van der Waals surface area contributed by atoms with E-state index in [1.807, 2.05) is 20.8 Å². The van der Waals surface area contributed by atoms with Crippen molar-refractivity contribution in [2.45, 2.75) is 70.9 Å². The van der Waals surface area contributed by atoms with E-state index in [1.165, 1.54) is 0 Å². The zero-order valence-electron chi connectivity index (χ0n) is 18.7. The molecule has 1 amide bonds. The summed E-state index contributed by atoms with van der Waals surface area (Å²) in [6.07, 6.45) is 3.04. The molecule has 1 atom stereocenters. The van der Waals surface area contributed by atoms with Gasteiger partial charge in [-0.3, -0.25) is 4.90 Å². The summed E-state index contributed by atoms with van der Waals surface area (Å²) in [6.45, 7) is 10.4. The van der Waals surface area contributed by atoms with Gasteiger partial charge in [0.2, 0.25) is 0 Å². The predicted octanol–water partition coefficient (Wildman–Crippen LogP) is 3.61. The van der Waals surface area contributed by atoms with E-state index in [0.717, 1.165) is 61.5 Å². The Bertz CT molecular complexity index is 762. The van der Waals surface area contributed by atoms with Crippen molar-refractivity contribution in [1.29, 1.82) is 0 Å². The molecule has 0 bridgehead atoms. The van der Waals surface area contributed by atoms with E-state index in [4.69, 9.17) is 14.2 Å². The van der Waals surface area contributed by atoms with Crippen molar-refractivity contribution in [3.63, 3.8) is 0 Å². The first-order valence-electron chi connectivity index (χ1n) is 11.1. The van der Waals surface area contributed by atoms with Gasteiger partial charge < -0.3 is 24.4 Å². The van der Waals surface area contributed by atoms with Gasteiger partial charge in [0.25, 0.3) is 0 Å². The van der Waals surface area contributed by atoms with Crippen molar-refractivity contribution >= 4 is 11.8 Å². The van der Waals surface area contributed by atoms with Crippen LogP contribution in [-0.4, -0.2) is 67.0 Å². The molecule has 2 saturated heterocycles. The van der Waals surface area contributed by atoms with Gasteiger partial charge in [-0.25, -0.2) is 4.79 Å². The van der Waals surface area contributed by atoms with Crippen LogP contribution in [0, 0.1) is 0 Å². The van der Waals surface area contributed by atoms with Crippen LogP contribution in [0.5, 0.6) is 5.75 Å². The van der Waals surface area contributed by atoms with Gasteiger partial charge in [0, 0.05) is 43.6 Å². The van der Waals surface area contributed by atoms with Crippen molar-refractivity contribution in [2.75, 3.05) is 38.7 Å². The van der Waals surface area contributed by atoms with E-state index in [0.29, 0.717) is 25.7 Å². The number of piperidine rings is 1. The lowest BCUT2D eigenvalue weighted by Gasteiger charge is -2.29. The molecule has 166 valence electrons. The molecule has 3 aliphatic heterocycles. The number of fused-ring (bicyclic) bond motifs is 1. The zero-order chi connectivity index (χ0) is 21.3. The Morgan fingerprint density at radius 1 is 1.17 bits per heavy atom. The number of nitrogens with one attached hydrogen (secondary N) is 1. The van der Waals surface area contributed by atoms with Gasteiger partial charge >= 0.3 is 6.09 Å². The molecule has 1 unspecified atom stereocenters. The van der Waals surface area contributed by atoms with Crippen LogP contribution in [0.15, 0.2) is 12.1 Å². The quantitative estimate of drug-likeness (QED) is 0.808. The van der Waals surface area contributed by atoms with Crippen LogP contribution in [0.25, 0.3) is 0 Å². The van der Waals surface area contributed by atoms with Crippen molar-refractivity contribution in [3.05, 3.63) is 23.3 Å². The van der Waals surface area contributed by atoms with E-state index >= 15 is 0 Å². The number of hydrogen-bond acceptors (Lipinski definition) is 6. The van der Waals surface area contributed by atoms with Gasteiger partial charge in [-0.2, -0.15) is 0 Å². The molecular formula is C23H35N3O4. The first-order chi connectivity index (χ1) is 14.3. The van der Waals surface area contributed by atoms with Crippen LogP contribution in [0.2, 0.25) is 0 Å². The van der Waals surface area contributed by atoms with E-state index in [2.05, 4.69) is 29.4 Å². The van der Waals surface area contributed by atoms with E-state index in [1.54, 1.807) is 4.90 Å². The summed E-state index contributed by atoms with van der Waals surface area (Å²) >= 11 is 0. The maximum Gasteiger partial charge on any atom is 0.410 e. The van der Waals surface area contributed by atoms with Crippen molar-refractivity contribution in [1.82, 2.24) is 9.80 Å². The molecular weight excluding hydrogens is 382 g/mol. The number of likely N-dealkylation sites (tertiary alicyclic amines) is 1. The molecule has 0 aromatic heterocycles. The molecule has 3 aliphatic rings. The number of anilines is 1. The summed E-state index contributed by atoms with van der Waals surface area (Å²) in [7, 11) is 2.16. The van der Waals surface area contributed by atoms with Gasteiger partial charge in [0.15, 0.2) is 0 Å². The Morgan fingerprint density at radius 2 is 1.93 bits per heavy atom. The number of hydrogen-bond donors (Lipinski definition) is 1. The van der Waals surface area contributed by atoms with Crippen LogP contribution >= 0.6 is 0 Å². The Morgan fingerprint density at radius 3 is 2.60 bits per heavy atom. The summed E-state index contributed by atoms with van der Waals surface area (Å²) in [5.41, 5.74) is 2.84. The Labute approximate surface area is 179 Å². The first kappa shape index (κ1) is 21.2. The number of amides is 1. The average Bonchev–Trinajstić information content (AvgIpc) is 3.32. The fraction of sp³-hybridized carbons (Fsp3) is 0.696. The van der Waals surface area contributed by atoms with Crippen LogP contribution in [0.3, 0.4) is 0 Å². The van der Waals surface area contributed by atoms with Crippen LogP contribution in [0.4, 0.5) is 10.5 Å². The van der Waals surface area contributed by atoms with Crippen LogP contribution < -0.4 is 10.1 Å². The van der Waals surface area contributed by atoms with E-state index < -0.39 is 5.60 Å². The number of carbonyl (C=O) groups is 1. The largest absolute Gasteiger partial charge is 0.490 e. The summed E-state index contributed by atoms with van der Waals surface area (Å²) in [5.74, 6) is 0.885. The minimum absolute atomic E-state index is 0.241. The summed E-state index contributed by atoms with van der Waals surface area (Å²) < 4.78 is 17.5. The SMILES string of the molecule is CN1CCC(Oc2cc3c(c(NC4CCOC4)c2)CN(C(=O)OC(C)(C)C)C3)CC1. The lowest BCUT2D eigenvalue weighted by Crippen LogP contribution is -2.35. The molecule has 4 rings (SSSR count). The lowest BCUT2D eigenvalue weighted by molar-refractivity contribution is 0.0242. The van der Waals surface area contributed by atoms with Gasteiger partial charge in [-0.05, 0) is 58.7 Å². The minimum atomic E-state index is -0.503. The minimum Gasteiger partial charge on any atom is -0.490 e. The molecule has 0 aliphatic carbocycles. The van der Waals surface area contributed by atoms with Crippen molar-refractivity contribution in [3.8, 4) is 5.75 Å². The van der Waals surface area contributed by atoms with Gasteiger partial charge in [-0.15, -0.1) is 0 Å². The van der Waals surface area contributed by atoms with Gasteiger partial charge in [-0.1, -0.05) is 0 Å². The highest BCUT2D eigenvalue weighted by Gasteiger charge is 2.31. The number of rotatable bonds is 4. The Kier molecular flexibility index (Phi) is 6.11. The molecule has 1 N–H and O–H groups in total. The highest BCUT2D eigenvalue weighted by molar-refractivity contribution is 5.71. The highest BCUT2D eigenvalue weighted by Crippen LogP contribution is 2.36. The summed E-state index contributed by atoms with van der Waals surface area (Å²) in [5, 5.41) is 3.64. The first-order valence-corrected chi connectivity index (χ1v) is 11.1. The van der Waals surface area contributed by atoms with Gasteiger partial charge in [0.1, 0.15) is 17.5 Å². The lowest BCUT2D eigenvalue weighted by atomic mass is 10.1. The Balaban J connectivity index is 1.53. The van der Waals surface area contributed by atoms with E-state index in [-0.39, 0.29) is 12.2 Å². The third-order valence-electron chi connectivity index (χ3n) is 5.94. The molecule has 7 nitrogen and oxygen atoms in total. The van der Waals surface area contributed by atoms with Crippen LogP contribution in [-0.2, 0) is 22.6 Å². The smallest absolute Gasteiger partial charge is 0.410 e. The molecule has 2 fully saturated rings. The second-order valence-electron chi connectivity index (χ2n) is 9.77. The van der Waals surface area contributed by atoms with E-state index in [9.17, 15) is 4.79 Å². The molecule has 0 radical (unpaired) electrons. The second-order valence-corrected chi connectivity index (χ2v) is 9.77. The summed E-state index contributed by atoms with van der Waals surface area (Å²) in [6, 6.07) is 4.51. The number of nitrogens with zero attached hydrogens (tertiary/aromatic N) is 2. The van der Waals surface area contributed by atoms with Gasteiger partial charge in [0.05, 0.1) is 19.2 Å². The standard InChI is InChI=1S/C23H35N3O4/c1-23(2,3)30-22(27)26-13-16-11-19(29-18-5-8-25(4)9-6-18)12-21(20(16)14-26)24-17-7-10-28-15-17/h11-12,17-18,24H,5-10,13-15H2,1-4H3. The number of benzene rings is 1. The monoisotopic (exact) mass is 417 g/mol. The number of ether oxygens (including phenoxy) is 3. The topological polar surface area (TPSA) is 63.3 Å². The molecule has 1 aromatic rings. The Hall–Kier alpha value is -1.99. The third-order valence-corrected chi connectivity index (χ3v) is 5.94. The predicted molar refractivity (Wildman–Crippen MR) is 116 cm³/mol. The molecule has 1 aromatic carbocycles. The third kappa shape index (κ3) is 5.19. The maximum absolute atomic E-state index is 12.6. The summed E-state index contributed by atoms with van der Waals surface area (Å²) in [4.78, 5) is 16.8. The molecule has 0 saturated carbocycles. The zero-order valence-corrected chi connectivity index (χ0v) is 18.7. The molecule has 3 heterocycles. The molecule has 0 spiro atoms. The second kappa shape index (κ2) is 8.63. The number of carbonyl (C=O) groups excluding carboxylic acids is 1. The van der Waals surface area contributed by atoms with Crippen molar-refractivity contribution < 1.29 is 19.0 Å². The van der Waals surface area contributed by atoms with Crippen LogP contribution in [0.1, 0.15) is 51.2 Å². The fourth-order valence-electron chi connectivity index (χ4n) is 4.30. The molecule has 7 heteroatoms. The molecule has 30 heavy (non-hydrogen) atoms. The normalized spacial score (nSPS) is 22.8. The van der Waals surface area contributed by atoms with Crippen molar-refractivity contribution in [2.24, 2.45) is 0 Å². The highest BCUT2D eigenvalue weighted by atomic mass is 16.6. The maximum atomic E-state index is 12.6. The fourth-order valence-corrected chi connectivity index (χ4v) is 4.30.